The van der Waals surface area contributed by atoms with Gasteiger partial charge in [-0.15, -0.1) is 0 Å². The molecular weight excluding hydrogens is 324 g/mol. The van der Waals surface area contributed by atoms with Crippen molar-refractivity contribution in [3.63, 3.8) is 0 Å². The first-order valence-corrected chi connectivity index (χ1v) is 8.33. The number of carbonyl (C=O) groups is 3. The number of nitrogens with zero attached hydrogens (tertiary/aromatic N) is 1. The number of nitrogens with one attached hydrogen (secondary N) is 1. The summed E-state index contributed by atoms with van der Waals surface area (Å²) in [4.78, 5) is 37.0. The number of likely N-dealkylation sites (N-methyl/N-ethyl adjacent to an activating group) is 1. The highest BCUT2D eigenvalue weighted by Crippen LogP contribution is 2.27. The quantitative estimate of drug-likeness (QED) is 0.427. The van der Waals surface area contributed by atoms with E-state index in [0.717, 1.165) is 12.0 Å². The van der Waals surface area contributed by atoms with Gasteiger partial charge in [0.25, 0.3) is 5.91 Å². The first kappa shape index (κ1) is 18.8. The number of ketones is 1. The van der Waals surface area contributed by atoms with Gasteiger partial charge in [-0.25, -0.2) is 0 Å². The maximum Gasteiger partial charge on any atom is 0.290 e. The smallest absolute Gasteiger partial charge is 0.290 e. The van der Waals surface area contributed by atoms with Gasteiger partial charge in [0.2, 0.25) is 11.7 Å². The molecule has 0 bridgehead atoms. The normalized spacial score (nSPS) is 16.9. The molecule has 0 saturated carbocycles. The largest absolute Gasteiger partial charge is 0.493 e. The molecule has 1 heterocycles. The van der Waals surface area contributed by atoms with Gasteiger partial charge in [-0.2, -0.15) is 0 Å². The molecule has 0 radical (unpaired) electrons. The van der Waals surface area contributed by atoms with Crippen LogP contribution < -0.4 is 14.8 Å². The summed E-state index contributed by atoms with van der Waals surface area (Å²) in [5, 5.41) is 2.75. The molecule has 25 heavy (non-hydrogen) atoms. The molecule has 1 unspecified atom stereocenters. The van der Waals surface area contributed by atoms with Crippen LogP contribution in [0.2, 0.25) is 0 Å². The second-order valence-electron chi connectivity index (χ2n) is 5.84. The van der Waals surface area contributed by atoms with E-state index in [1.807, 2.05) is 18.2 Å². The number of ether oxygens (including phenoxy) is 2. The predicted molar refractivity (Wildman–Crippen MR) is 91.6 cm³/mol. The summed E-state index contributed by atoms with van der Waals surface area (Å²) in [6, 6.07) is 5.69. The lowest BCUT2D eigenvalue weighted by molar-refractivity contribution is -0.142. The van der Waals surface area contributed by atoms with Crippen LogP contribution in [-0.4, -0.2) is 56.4 Å². The van der Waals surface area contributed by atoms with E-state index < -0.39 is 17.6 Å². The summed E-state index contributed by atoms with van der Waals surface area (Å²) >= 11 is 0. The predicted octanol–water partition coefficient (Wildman–Crippen LogP) is 0.800. The van der Waals surface area contributed by atoms with Gasteiger partial charge in [0.15, 0.2) is 11.5 Å². The standard InChI is InChI=1S/C18H24N2O5/c1-4-20-11-13(16(21)18(20)23)17(22)19-9-5-6-12-7-8-14(24-2)15(10-12)25-3/h7-8,10,13H,4-6,9,11H2,1-3H3,(H,19,22). The zero-order valence-corrected chi connectivity index (χ0v) is 14.8. The van der Waals surface area contributed by atoms with Gasteiger partial charge >= 0.3 is 0 Å². The van der Waals surface area contributed by atoms with Crippen LogP contribution in [-0.2, 0) is 20.8 Å². The summed E-state index contributed by atoms with van der Waals surface area (Å²) in [6.45, 7) is 2.84. The molecule has 2 rings (SSSR count). The number of benzene rings is 1. The second-order valence-corrected chi connectivity index (χ2v) is 5.84. The summed E-state index contributed by atoms with van der Waals surface area (Å²) in [6.07, 6.45) is 1.47. The van der Waals surface area contributed by atoms with E-state index in [1.165, 1.54) is 4.90 Å². The van der Waals surface area contributed by atoms with Crippen LogP contribution in [0, 0.1) is 5.92 Å². The molecule has 7 nitrogen and oxygen atoms in total. The minimum Gasteiger partial charge on any atom is -0.493 e. The van der Waals surface area contributed by atoms with Gasteiger partial charge in [0.1, 0.15) is 5.92 Å². The Bertz CT molecular complexity index is 659. The van der Waals surface area contributed by atoms with Crippen molar-refractivity contribution in [2.45, 2.75) is 19.8 Å². The number of aryl methyl sites for hydroxylation is 1. The van der Waals surface area contributed by atoms with Gasteiger partial charge < -0.3 is 19.7 Å². The molecule has 1 atom stereocenters. The Balaban J connectivity index is 1.80. The number of hydrogen-bond acceptors (Lipinski definition) is 5. The van der Waals surface area contributed by atoms with E-state index in [4.69, 9.17) is 9.47 Å². The summed E-state index contributed by atoms with van der Waals surface area (Å²) in [5.74, 6) is -1.09. The number of hydrogen-bond donors (Lipinski definition) is 1. The van der Waals surface area contributed by atoms with Crippen molar-refractivity contribution in [1.29, 1.82) is 0 Å². The first-order valence-electron chi connectivity index (χ1n) is 8.33. The molecular formula is C18H24N2O5. The van der Waals surface area contributed by atoms with E-state index in [1.54, 1.807) is 21.1 Å². The Hall–Kier alpha value is -2.57. The summed E-state index contributed by atoms with van der Waals surface area (Å²) in [7, 11) is 3.17. The highest BCUT2D eigenvalue weighted by atomic mass is 16.5. The number of rotatable bonds is 8. The Morgan fingerprint density at radius 3 is 2.56 bits per heavy atom. The van der Waals surface area contributed by atoms with E-state index in [-0.39, 0.29) is 12.5 Å². The number of likely N-dealkylation sites (tertiary alicyclic amines) is 1. The highest BCUT2D eigenvalue weighted by Gasteiger charge is 2.42. The van der Waals surface area contributed by atoms with E-state index >= 15 is 0 Å². The zero-order chi connectivity index (χ0) is 18.4. The molecule has 1 aliphatic heterocycles. The molecule has 136 valence electrons. The summed E-state index contributed by atoms with van der Waals surface area (Å²) in [5.41, 5.74) is 1.07. The van der Waals surface area contributed by atoms with Crippen molar-refractivity contribution in [2.75, 3.05) is 33.9 Å². The molecule has 0 aliphatic carbocycles. The average molecular weight is 348 g/mol. The van der Waals surface area contributed by atoms with Crippen LogP contribution in [0.5, 0.6) is 11.5 Å². The fraction of sp³-hybridized carbons (Fsp3) is 0.500. The third kappa shape index (κ3) is 4.29. The van der Waals surface area contributed by atoms with Crippen molar-refractivity contribution in [1.82, 2.24) is 10.2 Å². The number of carbonyl (C=O) groups excluding carboxylic acids is 3. The van der Waals surface area contributed by atoms with Gasteiger partial charge in [-0.05, 0) is 37.5 Å². The van der Waals surface area contributed by atoms with E-state index in [2.05, 4.69) is 5.32 Å². The number of Topliss-reactive ketones (excluding diaryl/α,β-unsaturated/α-hetero) is 1. The molecule has 1 fully saturated rings. The maximum atomic E-state index is 12.1. The Morgan fingerprint density at radius 2 is 1.96 bits per heavy atom. The van der Waals surface area contributed by atoms with Gasteiger partial charge in [-0.3, -0.25) is 14.4 Å². The minimum atomic E-state index is -0.881. The fourth-order valence-electron chi connectivity index (χ4n) is 2.83. The lowest BCUT2D eigenvalue weighted by atomic mass is 10.1. The third-order valence-electron chi connectivity index (χ3n) is 4.31. The van der Waals surface area contributed by atoms with E-state index in [0.29, 0.717) is 31.0 Å². The molecule has 2 amide bonds. The third-order valence-corrected chi connectivity index (χ3v) is 4.31. The molecule has 1 aromatic carbocycles. The monoisotopic (exact) mass is 348 g/mol. The molecule has 0 aromatic heterocycles. The van der Waals surface area contributed by atoms with Crippen LogP contribution in [0.4, 0.5) is 0 Å². The Morgan fingerprint density at radius 1 is 1.24 bits per heavy atom. The molecule has 1 aliphatic rings. The molecule has 1 aromatic rings. The first-order chi connectivity index (χ1) is 12.0. The summed E-state index contributed by atoms with van der Waals surface area (Å²) < 4.78 is 10.5. The van der Waals surface area contributed by atoms with Crippen LogP contribution in [0.25, 0.3) is 0 Å². The van der Waals surface area contributed by atoms with Crippen LogP contribution in [0.3, 0.4) is 0 Å². The van der Waals surface area contributed by atoms with Gasteiger partial charge in [0, 0.05) is 19.6 Å². The van der Waals surface area contributed by atoms with Crippen molar-refractivity contribution in [3.05, 3.63) is 23.8 Å². The topological polar surface area (TPSA) is 84.9 Å². The molecule has 1 N–H and O–H groups in total. The second kappa shape index (κ2) is 8.50. The van der Waals surface area contributed by atoms with Gasteiger partial charge in [0.05, 0.1) is 14.2 Å². The number of methoxy groups -OCH3 is 2. The van der Waals surface area contributed by atoms with Crippen LogP contribution >= 0.6 is 0 Å². The molecule has 1 saturated heterocycles. The van der Waals surface area contributed by atoms with Gasteiger partial charge in [-0.1, -0.05) is 6.07 Å². The fourth-order valence-corrected chi connectivity index (χ4v) is 2.83. The SMILES string of the molecule is CCN1CC(C(=O)NCCCc2ccc(OC)c(OC)c2)C(=O)C1=O. The highest BCUT2D eigenvalue weighted by molar-refractivity contribution is 6.42. The van der Waals surface area contributed by atoms with Crippen molar-refractivity contribution < 1.29 is 23.9 Å². The minimum absolute atomic E-state index is 0.176. The zero-order valence-electron chi connectivity index (χ0n) is 14.8. The van der Waals surface area contributed by atoms with Crippen molar-refractivity contribution >= 4 is 17.6 Å². The van der Waals surface area contributed by atoms with Crippen LogP contribution in [0.1, 0.15) is 18.9 Å². The van der Waals surface area contributed by atoms with Crippen molar-refractivity contribution in [2.24, 2.45) is 5.92 Å². The lowest BCUT2D eigenvalue weighted by Crippen LogP contribution is -2.36. The molecule has 7 heteroatoms. The lowest BCUT2D eigenvalue weighted by Gasteiger charge is -2.12. The van der Waals surface area contributed by atoms with Crippen molar-refractivity contribution in [3.8, 4) is 11.5 Å². The average Bonchev–Trinajstić information content (AvgIpc) is 2.93. The van der Waals surface area contributed by atoms with Crippen LogP contribution in [0.15, 0.2) is 18.2 Å². The Labute approximate surface area is 147 Å². The maximum absolute atomic E-state index is 12.1. The molecule has 0 spiro atoms. The Kier molecular flexibility index (Phi) is 6.38. The van der Waals surface area contributed by atoms with E-state index in [9.17, 15) is 14.4 Å². The number of amides is 2.